The lowest BCUT2D eigenvalue weighted by Crippen LogP contribution is -2.60. The van der Waals surface area contributed by atoms with E-state index in [9.17, 15) is 29.1 Å². The molecule has 0 aliphatic heterocycles. The van der Waals surface area contributed by atoms with Gasteiger partial charge in [-0.2, -0.15) is 0 Å². The number of aliphatic imine (C=N–C) groups is 2. The maximum absolute atomic E-state index is 13.8. The number of nitrogens with zero attached hydrogens (tertiary/aromatic N) is 2. The molecule has 0 radical (unpaired) electrons. The molecule has 0 aromatic heterocycles. The molecule has 0 aliphatic rings. The van der Waals surface area contributed by atoms with Crippen molar-refractivity contribution in [3.8, 4) is 0 Å². The van der Waals surface area contributed by atoms with Gasteiger partial charge in [0.15, 0.2) is 11.9 Å². The van der Waals surface area contributed by atoms with Crippen LogP contribution in [0.25, 0.3) is 0 Å². The Hall–Kier alpha value is -5.78. The maximum Gasteiger partial charge on any atom is 0.308 e. The Labute approximate surface area is 364 Å². The van der Waals surface area contributed by atoms with Gasteiger partial charge in [-0.25, -0.2) is 0 Å². The van der Waals surface area contributed by atoms with Crippen LogP contribution in [0.1, 0.15) is 114 Å². The zero-order valence-corrected chi connectivity index (χ0v) is 37.9. The van der Waals surface area contributed by atoms with Gasteiger partial charge in [0, 0.05) is 33.9 Å². The largest absolute Gasteiger partial charge is 0.481 e. The minimum absolute atomic E-state index is 0.0693. The van der Waals surface area contributed by atoms with Crippen molar-refractivity contribution >= 4 is 59.4 Å². The Morgan fingerprint density at radius 3 is 1.42 bits per heavy atom. The van der Waals surface area contributed by atoms with Crippen LogP contribution in [0.15, 0.2) is 9.98 Å². The minimum Gasteiger partial charge on any atom is -0.481 e. The Balaban J connectivity index is -0.00000123. The number of hydrogen-bond acceptors (Lipinski definition) is 13. The summed E-state index contributed by atoms with van der Waals surface area (Å²) in [6.07, 6.45) is 1.61. The monoisotopic (exact) mass is 894 g/mol. The highest BCUT2D eigenvalue weighted by atomic mass is 16.6. The average molecular weight is 894 g/mol. The minimum atomic E-state index is -1.50. The fraction of sp³-hybridized carbons (Fsp3) is 0.737. The highest BCUT2D eigenvalue weighted by Crippen LogP contribution is 2.14. The van der Waals surface area contributed by atoms with E-state index in [0.717, 1.165) is 20.8 Å². The standard InChI is InChI=1S/C32H63N11O7.3C2H4O2/c1-8-18(3)23(17-44)42-27(47)21(13-11-15-39-31(36)37)40-28(48)22(16-24(45)50-32(5,6)7)41-29(49)25(19(4)9-2)43-26(46)20(33)12-10-14-38-30(34)35;3*1-2(3)4/h18-23,25,44H,8-17,33H2,1-7H3,(H,40,48)(H,41,49)(H,42,47)(H,43,46)(H4,34,35,38)(H4,36,37,39);3*1H3,(H,3,4)/t18-,19-,20-,21-,22-,23+,25-;;;/m0.../s1. The summed E-state index contributed by atoms with van der Waals surface area (Å²) in [5.74, 6) is -6.74. The second-order valence-corrected chi connectivity index (χ2v) is 15.0. The van der Waals surface area contributed by atoms with E-state index >= 15 is 0 Å². The maximum atomic E-state index is 13.8. The molecule has 24 nitrogen and oxygen atoms in total. The average Bonchev–Trinajstić information content (AvgIpc) is 3.12. The Kier molecular flexibility index (Phi) is 35.4. The molecule has 0 bridgehead atoms. The highest BCUT2D eigenvalue weighted by Gasteiger charge is 2.35. The van der Waals surface area contributed by atoms with Crippen molar-refractivity contribution in [1.82, 2.24) is 21.3 Å². The number of esters is 1. The number of carbonyl (C=O) groups is 8. The van der Waals surface area contributed by atoms with Crippen LogP contribution in [0.2, 0.25) is 0 Å². The molecule has 62 heavy (non-hydrogen) atoms. The summed E-state index contributed by atoms with van der Waals surface area (Å²) >= 11 is 0. The van der Waals surface area contributed by atoms with Gasteiger partial charge in [0.1, 0.15) is 23.7 Å². The number of guanidine groups is 2. The summed E-state index contributed by atoms with van der Waals surface area (Å²) in [7, 11) is 0. The van der Waals surface area contributed by atoms with E-state index in [0.29, 0.717) is 25.7 Å². The van der Waals surface area contributed by atoms with E-state index < -0.39 is 95.7 Å². The third-order valence-electron chi connectivity index (χ3n) is 7.95. The van der Waals surface area contributed by atoms with E-state index in [2.05, 4.69) is 31.3 Å². The second-order valence-electron chi connectivity index (χ2n) is 15.0. The molecule has 0 unspecified atom stereocenters. The molecular weight excluding hydrogens is 818 g/mol. The van der Waals surface area contributed by atoms with Gasteiger partial charge >= 0.3 is 5.97 Å². The van der Waals surface area contributed by atoms with Crippen molar-refractivity contribution in [1.29, 1.82) is 0 Å². The number of carboxylic acid groups (broad SMARTS) is 3. The van der Waals surface area contributed by atoms with E-state index in [1.807, 2.05) is 20.8 Å². The number of aliphatic hydroxyl groups is 1. The molecule has 24 heteroatoms. The highest BCUT2D eigenvalue weighted by molar-refractivity contribution is 5.96. The third kappa shape index (κ3) is 38.4. The van der Waals surface area contributed by atoms with E-state index in [4.69, 9.17) is 63.1 Å². The van der Waals surface area contributed by atoms with Crippen LogP contribution in [0.3, 0.4) is 0 Å². The molecule has 0 aliphatic carbocycles. The Morgan fingerprint density at radius 1 is 0.629 bits per heavy atom. The first kappa shape index (κ1) is 62.9. The molecule has 18 N–H and O–H groups in total. The molecule has 0 aromatic rings. The molecule has 0 saturated carbocycles. The van der Waals surface area contributed by atoms with Crippen molar-refractivity contribution in [2.45, 2.75) is 150 Å². The van der Waals surface area contributed by atoms with Crippen LogP contribution in [0.4, 0.5) is 0 Å². The van der Waals surface area contributed by atoms with Crippen molar-refractivity contribution in [3.63, 3.8) is 0 Å². The van der Waals surface area contributed by atoms with Crippen molar-refractivity contribution in [3.05, 3.63) is 0 Å². The summed E-state index contributed by atoms with van der Waals surface area (Å²) in [5, 5.41) is 42.8. The normalized spacial score (nSPS) is 13.7. The number of rotatable bonds is 23. The lowest BCUT2D eigenvalue weighted by molar-refractivity contribution is -0.156. The molecule has 7 atom stereocenters. The van der Waals surface area contributed by atoms with Crippen LogP contribution in [0.5, 0.6) is 0 Å². The number of aliphatic hydroxyl groups excluding tert-OH is 1. The van der Waals surface area contributed by atoms with Gasteiger partial charge in [-0.3, -0.25) is 48.3 Å². The summed E-state index contributed by atoms with van der Waals surface area (Å²) in [6, 6.07) is -5.31. The number of nitrogens with two attached hydrogens (primary N) is 5. The fourth-order valence-electron chi connectivity index (χ4n) is 4.61. The molecule has 0 rings (SSSR count). The second kappa shape index (κ2) is 34.9. The van der Waals surface area contributed by atoms with Gasteiger partial charge in [0.05, 0.1) is 25.1 Å². The lowest BCUT2D eigenvalue weighted by Gasteiger charge is -2.29. The summed E-state index contributed by atoms with van der Waals surface area (Å²) in [5.41, 5.74) is 26.7. The first-order chi connectivity index (χ1) is 28.4. The van der Waals surface area contributed by atoms with Gasteiger partial charge in [0.2, 0.25) is 23.6 Å². The summed E-state index contributed by atoms with van der Waals surface area (Å²) < 4.78 is 5.42. The summed E-state index contributed by atoms with van der Waals surface area (Å²) in [6.45, 7) is 15.7. The van der Waals surface area contributed by atoms with Crippen molar-refractivity contribution < 1.29 is 63.5 Å². The van der Waals surface area contributed by atoms with E-state index in [1.165, 1.54) is 0 Å². The third-order valence-corrected chi connectivity index (χ3v) is 7.95. The van der Waals surface area contributed by atoms with Crippen molar-refractivity contribution in [2.24, 2.45) is 50.5 Å². The predicted molar refractivity (Wildman–Crippen MR) is 232 cm³/mol. The number of amides is 4. The quantitative estimate of drug-likeness (QED) is 0.0239. The number of carbonyl (C=O) groups excluding carboxylic acids is 5. The molecule has 0 saturated heterocycles. The van der Waals surface area contributed by atoms with Crippen LogP contribution in [-0.4, -0.2) is 135 Å². The fourth-order valence-corrected chi connectivity index (χ4v) is 4.61. The zero-order valence-electron chi connectivity index (χ0n) is 37.9. The molecule has 360 valence electrons. The van der Waals surface area contributed by atoms with Gasteiger partial charge in [-0.05, 0) is 58.3 Å². The Morgan fingerprint density at radius 2 is 1.03 bits per heavy atom. The van der Waals surface area contributed by atoms with Crippen LogP contribution < -0.4 is 49.9 Å². The molecular formula is C38H75N11O13. The Bertz CT molecular complexity index is 1410. The number of aliphatic carboxylic acids is 3. The number of carboxylic acids is 3. The molecule has 0 fully saturated rings. The van der Waals surface area contributed by atoms with Crippen LogP contribution >= 0.6 is 0 Å². The smallest absolute Gasteiger partial charge is 0.308 e. The zero-order chi connectivity index (χ0) is 49.3. The van der Waals surface area contributed by atoms with Crippen molar-refractivity contribution in [2.75, 3.05) is 19.7 Å². The number of nitrogens with one attached hydrogen (secondary N) is 4. The van der Waals surface area contributed by atoms with E-state index in [1.54, 1.807) is 27.7 Å². The molecule has 0 aromatic carbocycles. The predicted octanol–water partition coefficient (Wildman–Crippen LogP) is -1.55. The number of hydrogen-bond donors (Lipinski definition) is 13. The van der Waals surface area contributed by atoms with Gasteiger partial charge in [-0.1, -0.05) is 40.5 Å². The van der Waals surface area contributed by atoms with Gasteiger partial charge < -0.3 is 75.1 Å². The lowest BCUT2D eigenvalue weighted by atomic mass is 9.97. The molecule has 4 amide bonds. The molecule has 0 spiro atoms. The van der Waals surface area contributed by atoms with Gasteiger partial charge in [-0.15, -0.1) is 0 Å². The topological polar surface area (TPSA) is 430 Å². The van der Waals surface area contributed by atoms with Crippen LogP contribution in [0, 0.1) is 11.8 Å². The summed E-state index contributed by atoms with van der Waals surface area (Å²) in [4.78, 5) is 102. The van der Waals surface area contributed by atoms with Crippen LogP contribution in [-0.2, 0) is 43.1 Å². The first-order valence-electron chi connectivity index (χ1n) is 19.9. The first-order valence-corrected chi connectivity index (χ1v) is 19.9. The van der Waals surface area contributed by atoms with Gasteiger partial charge in [0.25, 0.3) is 17.9 Å². The SMILES string of the molecule is CC(=O)O.CC(=O)O.CC(=O)O.CC[C@H](C)[C@H](NC(=O)[C@@H](N)CCCN=C(N)N)C(=O)N[C@@H](CC(=O)OC(C)(C)C)C(=O)N[C@@H](CCCN=C(N)N)C(=O)N[C@H](CO)[C@@H](C)CC. The van der Waals surface area contributed by atoms with E-state index in [-0.39, 0.29) is 50.4 Å². The molecule has 0 heterocycles. The number of ether oxygens (including phenoxy) is 1.